The Morgan fingerprint density at radius 3 is 2.12 bits per heavy atom. The molecule has 1 aromatic rings. The molecule has 5 nitrogen and oxygen atoms in total. The minimum absolute atomic E-state index is 0.0821. The van der Waals surface area contributed by atoms with Crippen LogP contribution in [0.2, 0.25) is 0 Å². The van der Waals surface area contributed by atoms with Gasteiger partial charge in [0.15, 0.2) is 0 Å². The summed E-state index contributed by atoms with van der Waals surface area (Å²) in [5.41, 5.74) is 2.97. The van der Waals surface area contributed by atoms with E-state index < -0.39 is 23.7 Å². The Hall–Kier alpha value is -2.04. The lowest BCUT2D eigenvalue weighted by molar-refractivity contribution is -0.183. The minimum Gasteiger partial charge on any atom is -0.480 e. The van der Waals surface area contributed by atoms with Crippen LogP contribution >= 0.6 is 0 Å². The number of carboxylic acids is 1. The minimum atomic E-state index is -0.985. The van der Waals surface area contributed by atoms with E-state index in [0.717, 1.165) is 19.3 Å². The van der Waals surface area contributed by atoms with Crippen molar-refractivity contribution in [1.82, 2.24) is 5.32 Å². The second-order valence-electron chi connectivity index (χ2n) is 8.86. The van der Waals surface area contributed by atoms with E-state index in [-0.39, 0.29) is 10.8 Å². The zero-order chi connectivity index (χ0) is 18.6. The van der Waals surface area contributed by atoms with Crippen molar-refractivity contribution in [2.45, 2.75) is 70.9 Å². The predicted molar refractivity (Wildman–Crippen MR) is 94.7 cm³/mol. The third kappa shape index (κ3) is 2.90. The summed E-state index contributed by atoms with van der Waals surface area (Å²) in [6, 6.07) is 5.39. The molecule has 3 saturated carbocycles. The molecule has 1 unspecified atom stereocenters. The fraction of sp³-hybridized carbons (Fsp3) is 0.600. The summed E-state index contributed by atoms with van der Waals surface area (Å²) in [4.78, 5) is 23.8. The highest BCUT2D eigenvalue weighted by Gasteiger charge is 2.73. The van der Waals surface area contributed by atoms with Crippen LogP contribution in [-0.2, 0) is 14.9 Å². The third-order valence-electron chi connectivity index (χ3n) is 5.60. The van der Waals surface area contributed by atoms with Crippen molar-refractivity contribution in [3.63, 3.8) is 0 Å². The molecule has 0 heterocycles. The van der Waals surface area contributed by atoms with Gasteiger partial charge in [0.1, 0.15) is 11.6 Å². The number of rotatable bonds is 4. The Labute approximate surface area is 148 Å². The Kier molecular flexibility index (Phi) is 3.90. The number of carbonyl (C=O) groups excluding carboxylic acids is 1. The van der Waals surface area contributed by atoms with Gasteiger partial charge in [0, 0.05) is 5.41 Å². The second-order valence-corrected chi connectivity index (χ2v) is 8.86. The molecule has 0 aliphatic heterocycles. The van der Waals surface area contributed by atoms with Gasteiger partial charge in [-0.25, -0.2) is 9.59 Å². The van der Waals surface area contributed by atoms with Gasteiger partial charge < -0.3 is 15.2 Å². The van der Waals surface area contributed by atoms with E-state index in [0.29, 0.717) is 0 Å². The van der Waals surface area contributed by atoms with Crippen LogP contribution in [0.15, 0.2) is 18.2 Å². The summed E-state index contributed by atoms with van der Waals surface area (Å²) < 4.78 is 5.23. The molecule has 1 amide bonds. The van der Waals surface area contributed by atoms with Gasteiger partial charge >= 0.3 is 12.1 Å². The molecule has 3 aliphatic carbocycles. The first kappa shape index (κ1) is 17.8. The molecule has 0 radical (unpaired) electrons. The van der Waals surface area contributed by atoms with E-state index >= 15 is 0 Å². The number of nitrogens with one attached hydrogen (secondary N) is 1. The molecule has 2 N–H and O–H groups in total. The topological polar surface area (TPSA) is 75.6 Å². The lowest BCUT2D eigenvalue weighted by atomic mass is 9.31. The van der Waals surface area contributed by atoms with Gasteiger partial charge in [-0.05, 0) is 76.0 Å². The SMILES string of the molecule is Cc1cccc(C)c1C12CC(C(NC(=O)OC(C)(C)C)C(=O)O)(C1)C2. The van der Waals surface area contributed by atoms with Gasteiger partial charge in [-0.1, -0.05) is 18.2 Å². The van der Waals surface area contributed by atoms with Crippen molar-refractivity contribution in [3.05, 3.63) is 34.9 Å². The molecule has 3 fully saturated rings. The van der Waals surface area contributed by atoms with Crippen LogP contribution in [0.4, 0.5) is 4.79 Å². The number of carbonyl (C=O) groups is 2. The van der Waals surface area contributed by atoms with Crippen LogP contribution in [0.5, 0.6) is 0 Å². The first-order chi connectivity index (χ1) is 11.5. The number of hydrogen-bond donors (Lipinski definition) is 2. The summed E-state index contributed by atoms with van der Waals surface area (Å²) in [6.45, 7) is 9.52. The standard InChI is InChI=1S/C20H27NO4/c1-12-7-6-8-13(2)14(12)19-9-20(10-19,11-19)15(16(22)23)21-17(24)25-18(3,4)5/h6-8,15H,9-11H2,1-5H3,(H,21,24)(H,22,23). The Morgan fingerprint density at radius 1 is 1.16 bits per heavy atom. The van der Waals surface area contributed by atoms with Crippen molar-refractivity contribution in [2.75, 3.05) is 0 Å². The zero-order valence-corrected chi connectivity index (χ0v) is 15.6. The van der Waals surface area contributed by atoms with E-state index in [1.807, 2.05) is 0 Å². The van der Waals surface area contributed by atoms with Gasteiger partial charge in [0.25, 0.3) is 0 Å². The molecule has 1 atom stereocenters. The number of aliphatic carboxylic acids is 1. The number of aryl methyl sites for hydroxylation is 2. The van der Waals surface area contributed by atoms with Gasteiger partial charge in [-0.15, -0.1) is 0 Å². The number of carboxylic acid groups (broad SMARTS) is 1. The van der Waals surface area contributed by atoms with E-state index in [1.54, 1.807) is 20.8 Å². The highest BCUT2D eigenvalue weighted by Crippen LogP contribution is 2.75. The third-order valence-corrected chi connectivity index (χ3v) is 5.60. The normalized spacial score (nSPS) is 28.4. The number of benzene rings is 1. The molecule has 25 heavy (non-hydrogen) atoms. The summed E-state index contributed by atoms with van der Waals surface area (Å²) in [5.74, 6) is -0.985. The maximum Gasteiger partial charge on any atom is 0.408 e. The van der Waals surface area contributed by atoms with E-state index in [2.05, 4.69) is 37.4 Å². The average Bonchev–Trinajstić information content (AvgIpc) is 2.35. The molecular formula is C20H27NO4. The highest BCUT2D eigenvalue weighted by atomic mass is 16.6. The molecular weight excluding hydrogens is 318 g/mol. The van der Waals surface area contributed by atoms with E-state index in [4.69, 9.17) is 4.74 Å². The lowest BCUT2D eigenvalue weighted by Crippen LogP contribution is -2.74. The molecule has 1 aromatic carbocycles. The van der Waals surface area contributed by atoms with Crippen LogP contribution in [0.3, 0.4) is 0 Å². The van der Waals surface area contributed by atoms with Crippen LogP contribution in [0.25, 0.3) is 0 Å². The summed E-state index contributed by atoms with van der Waals surface area (Å²) >= 11 is 0. The van der Waals surface area contributed by atoms with Crippen LogP contribution in [0, 0.1) is 19.3 Å². The molecule has 0 aromatic heterocycles. The van der Waals surface area contributed by atoms with E-state index in [1.165, 1.54) is 16.7 Å². The quantitative estimate of drug-likeness (QED) is 0.872. The summed E-state index contributed by atoms with van der Waals surface area (Å²) in [6.07, 6.45) is 1.75. The number of amides is 1. The molecule has 0 saturated heterocycles. The van der Waals surface area contributed by atoms with Crippen LogP contribution < -0.4 is 5.32 Å². The average molecular weight is 345 g/mol. The van der Waals surface area contributed by atoms with Crippen molar-refractivity contribution in [2.24, 2.45) is 5.41 Å². The van der Waals surface area contributed by atoms with Gasteiger partial charge in [0.2, 0.25) is 0 Å². The van der Waals surface area contributed by atoms with Crippen molar-refractivity contribution in [3.8, 4) is 0 Å². The maximum atomic E-state index is 12.0. The molecule has 0 spiro atoms. The number of hydrogen-bond acceptors (Lipinski definition) is 3. The zero-order valence-electron chi connectivity index (χ0n) is 15.6. The Balaban J connectivity index is 1.74. The Morgan fingerprint density at radius 2 is 1.68 bits per heavy atom. The van der Waals surface area contributed by atoms with Crippen LogP contribution in [-0.4, -0.2) is 28.8 Å². The molecule has 5 heteroatoms. The summed E-state index contributed by atoms with van der Waals surface area (Å²) in [5, 5.41) is 12.2. The second kappa shape index (κ2) is 5.48. The van der Waals surface area contributed by atoms with Crippen LogP contribution in [0.1, 0.15) is 56.7 Å². The van der Waals surface area contributed by atoms with E-state index in [9.17, 15) is 14.7 Å². The molecule has 3 aliphatic rings. The van der Waals surface area contributed by atoms with Crippen molar-refractivity contribution >= 4 is 12.1 Å². The van der Waals surface area contributed by atoms with Crippen molar-refractivity contribution < 1.29 is 19.4 Å². The fourth-order valence-electron chi connectivity index (χ4n) is 4.99. The first-order valence-corrected chi connectivity index (χ1v) is 8.77. The van der Waals surface area contributed by atoms with Gasteiger partial charge in [-0.2, -0.15) is 0 Å². The van der Waals surface area contributed by atoms with Gasteiger partial charge in [-0.3, -0.25) is 0 Å². The molecule has 4 rings (SSSR count). The lowest BCUT2D eigenvalue weighted by Gasteiger charge is -2.73. The number of ether oxygens (including phenoxy) is 1. The molecule has 136 valence electrons. The molecule has 2 bridgehead atoms. The monoisotopic (exact) mass is 345 g/mol. The fourth-order valence-corrected chi connectivity index (χ4v) is 4.99. The largest absolute Gasteiger partial charge is 0.480 e. The van der Waals surface area contributed by atoms with Gasteiger partial charge in [0.05, 0.1) is 0 Å². The number of alkyl carbamates (subject to hydrolysis) is 1. The first-order valence-electron chi connectivity index (χ1n) is 8.77. The highest BCUT2D eigenvalue weighted by molar-refractivity contribution is 5.82. The smallest absolute Gasteiger partial charge is 0.408 e. The van der Waals surface area contributed by atoms with Crippen molar-refractivity contribution in [1.29, 1.82) is 0 Å². The maximum absolute atomic E-state index is 12.0. The predicted octanol–water partition coefficient (Wildman–Crippen LogP) is 3.70. The summed E-state index contributed by atoms with van der Waals surface area (Å²) in [7, 11) is 0. The Bertz CT molecular complexity index is 692.